The molecule has 5 nitrogen and oxygen atoms in total. The summed E-state index contributed by atoms with van der Waals surface area (Å²) in [7, 11) is 1.65. The van der Waals surface area contributed by atoms with E-state index in [0.29, 0.717) is 5.82 Å². The first-order chi connectivity index (χ1) is 11.8. The minimum Gasteiger partial charge on any atom is -0.497 e. The van der Waals surface area contributed by atoms with E-state index in [1.54, 1.807) is 24.0 Å². The third-order valence-electron chi connectivity index (χ3n) is 4.05. The van der Waals surface area contributed by atoms with Crippen LogP contribution in [0.25, 0.3) is 27.9 Å². The van der Waals surface area contributed by atoms with Crippen LogP contribution in [0.2, 0.25) is 0 Å². The molecule has 0 aliphatic heterocycles. The van der Waals surface area contributed by atoms with E-state index in [2.05, 4.69) is 10.1 Å². The highest BCUT2D eigenvalue weighted by molar-refractivity contribution is 5.82. The van der Waals surface area contributed by atoms with Gasteiger partial charge in [-0.3, -0.25) is 0 Å². The van der Waals surface area contributed by atoms with Gasteiger partial charge in [-0.05, 0) is 23.3 Å². The number of nitrogens with two attached hydrogens (primary N) is 1. The summed E-state index contributed by atoms with van der Waals surface area (Å²) in [5, 5.41) is 4.42. The molecule has 0 saturated carbocycles. The van der Waals surface area contributed by atoms with Crippen LogP contribution >= 0.6 is 0 Å². The fourth-order valence-corrected chi connectivity index (χ4v) is 2.76. The lowest BCUT2D eigenvalue weighted by Crippen LogP contribution is -2.02. The standard InChI is InChI=1S/C19H16N4O/c1-24-15-9-7-14(8-10-15)17-12-22-23-18(20)16(11-21-19(17)23)13-5-3-2-4-6-13/h2-12H,20H2,1H3. The largest absolute Gasteiger partial charge is 0.497 e. The molecule has 0 aliphatic rings. The SMILES string of the molecule is COc1ccc(-c2cnn3c(N)c(-c4ccccc4)cnc23)cc1. The number of aromatic nitrogens is 3. The van der Waals surface area contributed by atoms with Gasteiger partial charge in [0.15, 0.2) is 5.65 Å². The average molecular weight is 316 g/mol. The Labute approximate surface area is 139 Å². The van der Waals surface area contributed by atoms with Crippen molar-refractivity contribution in [3.63, 3.8) is 0 Å². The van der Waals surface area contributed by atoms with Gasteiger partial charge in [-0.15, -0.1) is 0 Å². The first-order valence-electron chi connectivity index (χ1n) is 7.60. The average Bonchev–Trinajstić information content (AvgIpc) is 3.08. The molecule has 0 fully saturated rings. The van der Waals surface area contributed by atoms with Crippen LogP contribution in [0.1, 0.15) is 0 Å². The van der Waals surface area contributed by atoms with Crippen molar-refractivity contribution in [2.24, 2.45) is 0 Å². The molecular weight excluding hydrogens is 300 g/mol. The minimum atomic E-state index is 0.575. The van der Waals surface area contributed by atoms with E-state index in [4.69, 9.17) is 10.5 Å². The van der Waals surface area contributed by atoms with Crippen molar-refractivity contribution in [2.75, 3.05) is 12.8 Å². The summed E-state index contributed by atoms with van der Waals surface area (Å²) in [5.74, 6) is 1.39. The molecule has 5 heteroatoms. The quantitative estimate of drug-likeness (QED) is 0.626. The molecule has 2 aromatic carbocycles. The van der Waals surface area contributed by atoms with Crippen LogP contribution in [0.5, 0.6) is 5.75 Å². The number of nitrogen functional groups attached to an aromatic ring is 1. The Morgan fingerprint density at radius 2 is 1.58 bits per heavy atom. The van der Waals surface area contributed by atoms with Gasteiger partial charge in [0.2, 0.25) is 0 Å². The highest BCUT2D eigenvalue weighted by atomic mass is 16.5. The monoisotopic (exact) mass is 316 g/mol. The van der Waals surface area contributed by atoms with Gasteiger partial charge in [0.25, 0.3) is 0 Å². The second-order valence-electron chi connectivity index (χ2n) is 5.45. The van der Waals surface area contributed by atoms with E-state index in [1.165, 1.54) is 0 Å². The number of benzene rings is 2. The molecule has 118 valence electrons. The summed E-state index contributed by atoms with van der Waals surface area (Å²) in [6, 6.07) is 17.7. The predicted octanol–water partition coefficient (Wildman–Crippen LogP) is 3.65. The summed E-state index contributed by atoms with van der Waals surface area (Å²) in [5.41, 5.74) is 10.9. The Morgan fingerprint density at radius 3 is 2.29 bits per heavy atom. The fraction of sp³-hybridized carbons (Fsp3) is 0.0526. The molecule has 2 heterocycles. The van der Waals surface area contributed by atoms with Gasteiger partial charge < -0.3 is 10.5 Å². The summed E-state index contributed by atoms with van der Waals surface area (Å²) in [6.07, 6.45) is 3.59. The molecule has 2 N–H and O–H groups in total. The number of methoxy groups -OCH3 is 1. The van der Waals surface area contributed by atoms with Crippen molar-refractivity contribution in [1.29, 1.82) is 0 Å². The van der Waals surface area contributed by atoms with Crippen LogP contribution in [0.15, 0.2) is 67.0 Å². The third-order valence-corrected chi connectivity index (χ3v) is 4.05. The Kier molecular flexibility index (Phi) is 3.39. The van der Waals surface area contributed by atoms with E-state index in [9.17, 15) is 0 Å². The van der Waals surface area contributed by atoms with E-state index in [-0.39, 0.29) is 0 Å². The first-order valence-corrected chi connectivity index (χ1v) is 7.60. The Morgan fingerprint density at radius 1 is 0.875 bits per heavy atom. The van der Waals surface area contributed by atoms with Gasteiger partial charge >= 0.3 is 0 Å². The molecule has 24 heavy (non-hydrogen) atoms. The van der Waals surface area contributed by atoms with Crippen LogP contribution in [-0.2, 0) is 0 Å². The van der Waals surface area contributed by atoms with Gasteiger partial charge in [0.1, 0.15) is 11.6 Å². The van der Waals surface area contributed by atoms with Gasteiger partial charge in [0, 0.05) is 17.3 Å². The van der Waals surface area contributed by atoms with Gasteiger partial charge in [-0.1, -0.05) is 42.5 Å². The Hall–Kier alpha value is -3.34. The molecule has 0 bridgehead atoms. The maximum atomic E-state index is 6.33. The third kappa shape index (κ3) is 2.27. The molecule has 0 saturated heterocycles. The molecular formula is C19H16N4O. The Bertz CT molecular complexity index is 991. The van der Waals surface area contributed by atoms with E-state index in [0.717, 1.165) is 33.7 Å². The number of rotatable bonds is 3. The minimum absolute atomic E-state index is 0.575. The van der Waals surface area contributed by atoms with Crippen molar-refractivity contribution in [1.82, 2.24) is 14.6 Å². The normalized spacial score (nSPS) is 10.9. The smallest absolute Gasteiger partial charge is 0.165 e. The predicted molar refractivity (Wildman–Crippen MR) is 94.8 cm³/mol. The van der Waals surface area contributed by atoms with Gasteiger partial charge in [0.05, 0.1) is 13.3 Å². The first kappa shape index (κ1) is 14.3. The molecule has 0 amide bonds. The molecule has 2 aromatic heterocycles. The number of ether oxygens (including phenoxy) is 1. The second-order valence-corrected chi connectivity index (χ2v) is 5.45. The van der Waals surface area contributed by atoms with Crippen molar-refractivity contribution in [2.45, 2.75) is 0 Å². The zero-order valence-electron chi connectivity index (χ0n) is 13.2. The number of hydrogen-bond acceptors (Lipinski definition) is 4. The van der Waals surface area contributed by atoms with Crippen LogP contribution in [-0.4, -0.2) is 21.7 Å². The van der Waals surface area contributed by atoms with Crippen molar-refractivity contribution in [3.05, 3.63) is 67.0 Å². The summed E-state index contributed by atoms with van der Waals surface area (Å²) < 4.78 is 6.88. The summed E-state index contributed by atoms with van der Waals surface area (Å²) in [4.78, 5) is 4.59. The molecule has 0 aliphatic carbocycles. The maximum absolute atomic E-state index is 6.33. The van der Waals surface area contributed by atoms with Crippen molar-refractivity contribution in [3.8, 4) is 28.0 Å². The number of nitrogens with zero attached hydrogens (tertiary/aromatic N) is 3. The molecule has 4 aromatic rings. The number of hydrogen-bond donors (Lipinski definition) is 1. The van der Waals surface area contributed by atoms with E-state index < -0.39 is 0 Å². The zero-order valence-corrected chi connectivity index (χ0v) is 13.2. The maximum Gasteiger partial charge on any atom is 0.165 e. The van der Waals surface area contributed by atoms with E-state index >= 15 is 0 Å². The van der Waals surface area contributed by atoms with Crippen LogP contribution in [0.4, 0.5) is 5.82 Å². The summed E-state index contributed by atoms with van der Waals surface area (Å²) >= 11 is 0. The molecule has 0 atom stereocenters. The fourth-order valence-electron chi connectivity index (χ4n) is 2.76. The molecule has 0 unspecified atom stereocenters. The highest BCUT2D eigenvalue weighted by Crippen LogP contribution is 2.30. The molecule has 0 spiro atoms. The number of anilines is 1. The second kappa shape index (κ2) is 5.70. The lowest BCUT2D eigenvalue weighted by molar-refractivity contribution is 0.415. The Balaban J connectivity index is 1.84. The summed E-state index contributed by atoms with van der Waals surface area (Å²) in [6.45, 7) is 0. The van der Waals surface area contributed by atoms with Crippen LogP contribution in [0, 0.1) is 0 Å². The molecule has 4 rings (SSSR count). The van der Waals surface area contributed by atoms with Gasteiger partial charge in [-0.25, -0.2) is 4.98 Å². The van der Waals surface area contributed by atoms with Crippen LogP contribution in [0.3, 0.4) is 0 Å². The van der Waals surface area contributed by atoms with Crippen LogP contribution < -0.4 is 10.5 Å². The lowest BCUT2D eigenvalue weighted by Gasteiger charge is -2.08. The van der Waals surface area contributed by atoms with E-state index in [1.807, 2.05) is 54.6 Å². The van der Waals surface area contributed by atoms with Crippen molar-refractivity contribution >= 4 is 11.5 Å². The topological polar surface area (TPSA) is 65.4 Å². The van der Waals surface area contributed by atoms with Crippen molar-refractivity contribution < 1.29 is 4.74 Å². The highest BCUT2D eigenvalue weighted by Gasteiger charge is 2.13. The van der Waals surface area contributed by atoms with Gasteiger partial charge in [-0.2, -0.15) is 9.61 Å². The number of fused-ring (bicyclic) bond motifs is 1. The zero-order chi connectivity index (χ0) is 16.5. The molecule has 0 radical (unpaired) electrons. The lowest BCUT2D eigenvalue weighted by atomic mass is 10.1.